The molecule has 1 aliphatic rings. The molecule has 24 heavy (non-hydrogen) atoms. The second-order valence-corrected chi connectivity index (χ2v) is 6.57. The van der Waals surface area contributed by atoms with Crippen LogP contribution in [0.1, 0.15) is 72.1 Å². The van der Waals surface area contributed by atoms with Crippen molar-refractivity contribution in [2.24, 2.45) is 0 Å². The van der Waals surface area contributed by atoms with Gasteiger partial charge in [0.25, 0.3) is 5.91 Å². The van der Waals surface area contributed by atoms with E-state index < -0.39 is 0 Å². The van der Waals surface area contributed by atoms with E-state index in [9.17, 15) is 4.79 Å². The molecule has 1 saturated carbocycles. The van der Waals surface area contributed by atoms with E-state index in [2.05, 4.69) is 25.6 Å². The van der Waals surface area contributed by atoms with Gasteiger partial charge in [-0.3, -0.25) is 14.6 Å². The predicted octanol–water partition coefficient (Wildman–Crippen LogP) is 2.49. The fourth-order valence-corrected chi connectivity index (χ4v) is 3.48. The maximum absolute atomic E-state index is 12.4. The minimum atomic E-state index is -0.0317. The quantitative estimate of drug-likeness (QED) is 0.796. The highest BCUT2D eigenvalue weighted by atomic mass is 16.1. The zero-order valence-corrected chi connectivity index (χ0v) is 14.5. The maximum atomic E-state index is 12.4. The Morgan fingerprint density at radius 1 is 1.33 bits per heavy atom. The molecule has 2 aromatic heterocycles. The van der Waals surface area contributed by atoms with Gasteiger partial charge < -0.3 is 5.32 Å². The number of rotatable bonds is 6. The van der Waals surface area contributed by atoms with Gasteiger partial charge in [0.05, 0.1) is 17.5 Å². The summed E-state index contributed by atoms with van der Waals surface area (Å²) in [5.74, 6) is 2.11. The van der Waals surface area contributed by atoms with Gasteiger partial charge in [-0.1, -0.05) is 19.3 Å². The van der Waals surface area contributed by atoms with Crippen molar-refractivity contribution >= 4 is 5.91 Å². The lowest BCUT2D eigenvalue weighted by atomic mass is 9.85. The molecular weight excluding hydrogens is 304 g/mol. The van der Waals surface area contributed by atoms with E-state index in [4.69, 9.17) is 0 Å². The van der Waals surface area contributed by atoms with Crippen LogP contribution in [0.4, 0.5) is 0 Å². The van der Waals surface area contributed by atoms with Crippen molar-refractivity contribution in [3.63, 3.8) is 0 Å². The average Bonchev–Trinajstić information content (AvgIpc) is 3.19. The van der Waals surface area contributed by atoms with Crippen molar-refractivity contribution in [1.29, 1.82) is 0 Å². The van der Waals surface area contributed by atoms with Crippen molar-refractivity contribution in [3.05, 3.63) is 29.1 Å². The third-order valence-electron chi connectivity index (χ3n) is 4.72. The van der Waals surface area contributed by atoms with Gasteiger partial charge in [-0.15, -0.1) is 0 Å². The van der Waals surface area contributed by atoms with Gasteiger partial charge in [0.1, 0.15) is 11.6 Å². The number of H-pyrrole nitrogens is 1. The molecule has 0 radical (unpaired) electrons. The SMILES string of the molecule is Cc1nc(C)n(CCCNC(=O)c2cn[nH]c2C2CCCCC2)n1. The lowest BCUT2D eigenvalue weighted by Crippen LogP contribution is -2.26. The first-order chi connectivity index (χ1) is 11.6. The van der Waals surface area contributed by atoms with Gasteiger partial charge in [-0.05, 0) is 33.1 Å². The van der Waals surface area contributed by atoms with Crippen LogP contribution in [0.5, 0.6) is 0 Å². The highest BCUT2D eigenvalue weighted by Crippen LogP contribution is 2.33. The number of carbonyl (C=O) groups is 1. The second kappa shape index (κ2) is 7.59. The third-order valence-corrected chi connectivity index (χ3v) is 4.72. The van der Waals surface area contributed by atoms with Crippen LogP contribution in [0, 0.1) is 13.8 Å². The molecule has 2 N–H and O–H groups in total. The highest BCUT2D eigenvalue weighted by molar-refractivity contribution is 5.95. The van der Waals surface area contributed by atoms with Crippen LogP contribution in [0.3, 0.4) is 0 Å². The molecule has 3 rings (SSSR count). The summed E-state index contributed by atoms with van der Waals surface area (Å²) in [6, 6.07) is 0. The second-order valence-electron chi connectivity index (χ2n) is 6.57. The van der Waals surface area contributed by atoms with Gasteiger partial charge in [0.2, 0.25) is 0 Å². The van der Waals surface area contributed by atoms with Crippen molar-refractivity contribution in [3.8, 4) is 0 Å². The number of aryl methyl sites for hydroxylation is 3. The number of nitrogens with zero attached hydrogens (tertiary/aromatic N) is 4. The van der Waals surface area contributed by atoms with Crippen LogP contribution in [-0.4, -0.2) is 37.4 Å². The molecule has 2 aromatic rings. The Morgan fingerprint density at radius 3 is 2.83 bits per heavy atom. The monoisotopic (exact) mass is 330 g/mol. The molecule has 0 spiro atoms. The molecular formula is C17H26N6O. The van der Waals surface area contributed by atoms with Crippen molar-refractivity contribution in [2.45, 2.75) is 64.8 Å². The molecule has 0 unspecified atom stereocenters. The van der Waals surface area contributed by atoms with E-state index in [0.717, 1.165) is 43.1 Å². The summed E-state index contributed by atoms with van der Waals surface area (Å²) < 4.78 is 1.88. The van der Waals surface area contributed by atoms with Gasteiger partial charge in [0, 0.05) is 19.0 Å². The van der Waals surface area contributed by atoms with E-state index in [-0.39, 0.29) is 5.91 Å². The Morgan fingerprint density at radius 2 is 2.12 bits per heavy atom. The Labute approximate surface area is 142 Å². The zero-order valence-electron chi connectivity index (χ0n) is 14.5. The van der Waals surface area contributed by atoms with E-state index in [0.29, 0.717) is 18.0 Å². The number of hydrogen-bond donors (Lipinski definition) is 2. The first-order valence-electron chi connectivity index (χ1n) is 8.84. The topological polar surface area (TPSA) is 88.5 Å². The van der Waals surface area contributed by atoms with Crippen LogP contribution < -0.4 is 5.32 Å². The Kier molecular flexibility index (Phi) is 5.27. The van der Waals surface area contributed by atoms with E-state index >= 15 is 0 Å². The van der Waals surface area contributed by atoms with E-state index in [1.165, 1.54) is 19.3 Å². The fourth-order valence-electron chi connectivity index (χ4n) is 3.48. The summed E-state index contributed by atoms with van der Waals surface area (Å²) in [5, 5.41) is 14.5. The fraction of sp³-hybridized carbons (Fsp3) is 0.647. The molecule has 0 aliphatic heterocycles. The van der Waals surface area contributed by atoms with Crippen molar-refractivity contribution in [2.75, 3.05) is 6.54 Å². The smallest absolute Gasteiger partial charge is 0.254 e. The summed E-state index contributed by atoms with van der Waals surface area (Å²) in [6.45, 7) is 5.21. The Hall–Kier alpha value is -2.18. The molecule has 0 bridgehead atoms. The molecule has 7 heteroatoms. The molecule has 7 nitrogen and oxygen atoms in total. The van der Waals surface area contributed by atoms with Gasteiger partial charge in [-0.25, -0.2) is 4.98 Å². The minimum absolute atomic E-state index is 0.0317. The largest absolute Gasteiger partial charge is 0.352 e. The summed E-state index contributed by atoms with van der Waals surface area (Å²) in [4.78, 5) is 16.7. The van der Waals surface area contributed by atoms with E-state index in [1.807, 2.05) is 18.5 Å². The molecule has 1 amide bonds. The molecule has 2 heterocycles. The molecule has 1 fully saturated rings. The van der Waals surface area contributed by atoms with Crippen LogP contribution in [0.15, 0.2) is 6.20 Å². The van der Waals surface area contributed by atoms with Crippen LogP contribution in [-0.2, 0) is 6.54 Å². The number of carbonyl (C=O) groups excluding carboxylic acids is 1. The molecule has 1 aliphatic carbocycles. The number of nitrogens with one attached hydrogen (secondary N) is 2. The third kappa shape index (κ3) is 3.83. The lowest BCUT2D eigenvalue weighted by molar-refractivity contribution is 0.0951. The highest BCUT2D eigenvalue weighted by Gasteiger charge is 2.23. The first kappa shape index (κ1) is 16.7. The average molecular weight is 330 g/mol. The Balaban J connectivity index is 1.50. The van der Waals surface area contributed by atoms with Crippen LogP contribution >= 0.6 is 0 Å². The molecule has 130 valence electrons. The Bertz CT molecular complexity index is 683. The predicted molar refractivity (Wildman–Crippen MR) is 90.9 cm³/mol. The van der Waals surface area contributed by atoms with Gasteiger partial charge in [0.15, 0.2) is 0 Å². The molecule has 0 atom stereocenters. The summed E-state index contributed by atoms with van der Waals surface area (Å²) >= 11 is 0. The summed E-state index contributed by atoms with van der Waals surface area (Å²) in [5.41, 5.74) is 1.71. The summed E-state index contributed by atoms with van der Waals surface area (Å²) in [6.07, 6.45) is 8.55. The number of amides is 1. The lowest BCUT2D eigenvalue weighted by Gasteiger charge is -2.21. The first-order valence-corrected chi connectivity index (χ1v) is 8.84. The normalized spacial score (nSPS) is 15.6. The molecule has 0 saturated heterocycles. The van der Waals surface area contributed by atoms with Gasteiger partial charge >= 0.3 is 0 Å². The number of hydrogen-bond acceptors (Lipinski definition) is 4. The molecule has 0 aromatic carbocycles. The van der Waals surface area contributed by atoms with Crippen molar-refractivity contribution in [1.82, 2.24) is 30.3 Å². The zero-order chi connectivity index (χ0) is 16.9. The van der Waals surface area contributed by atoms with E-state index in [1.54, 1.807) is 6.20 Å². The minimum Gasteiger partial charge on any atom is -0.352 e. The maximum Gasteiger partial charge on any atom is 0.254 e. The van der Waals surface area contributed by atoms with Gasteiger partial charge in [-0.2, -0.15) is 10.2 Å². The van der Waals surface area contributed by atoms with Crippen molar-refractivity contribution < 1.29 is 4.79 Å². The summed E-state index contributed by atoms with van der Waals surface area (Å²) in [7, 11) is 0. The van der Waals surface area contributed by atoms with Crippen LogP contribution in [0.25, 0.3) is 0 Å². The number of aromatic amines is 1. The number of aromatic nitrogens is 5. The van der Waals surface area contributed by atoms with Crippen LogP contribution in [0.2, 0.25) is 0 Å². The standard InChI is InChI=1S/C17H26N6O/c1-12-20-13(2)23(22-12)10-6-9-18-17(24)15-11-19-21-16(15)14-7-4-3-5-8-14/h11,14H,3-10H2,1-2H3,(H,18,24)(H,19,21).